The topological polar surface area (TPSA) is 57.1 Å². The fourth-order valence-electron chi connectivity index (χ4n) is 3.93. The highest BCUT2D eigenvalue weighted by molar-refractivity contribution is 7.10. The zero-order chi connectivity index (χ0) is 17.1. The minimum atomic E-state index is -0.185. The molecule has 0 bridgehead atoms. The quantitative estimate of drug-likeness (QED) is 0.608. The second kappa shape index (κ2) is 7.87. The zero-order valence-corrected chi connectivity index (χ0v) is 15.7. The van der Waals surface area contributed by atoms with Crippen molar-refractivity contribution in [2.75, 3.05) is 13.1 Å². The Hall–Kier alpha value is -1.07. The average molecular weight is 348 g/mol. The molecule has 1 aromatic rings. The maximum absolute atomic E-state index is 12.4. The first-order chi connectivity index (χ1) is 11.6. The summed E-state index contributed by atoms with van der Waals surface area (Å²) in [6.45, 7) is 6.28. The van der Waals surface area contributed by atoms with E-state index >= 15 is 0 Å². The second-order valence-electron chi connectivity index (χ2n) is 7.37. The first kappa shape index (κ1) is 17.7. The number of rotatable bonds is 6. The first-order valence-electron chi connectivity index (χ1n) is 9.42. The third kappa shape index (κ3) is 3.77. The molecular formula is C19H29N3OS. The third-order valence-corrected chi connectivity index (χ3v) is 6.83. The Morgan fingerprint density at radius 1 is 1.33 bits per heavy atom. The molecule has 0 radical (unpaired) electrons. The molecule has 5 heteroatoms. The molecule has 0 spiro atoms. The van der Waals surface area contributed by atoms with E-state index in [1.807, 2.05) is 19.2 Å². The molecule has 24 heavy (non-hydrogen) atoms. The predicted octanol–water partition coefficient (Wildman–Crippen LogP) is 4.51. The highest BCUT2D eigenvalue weighted by Crippen LogP contribution is 2.33. The van der Waals surface area contributed by atoms with Crippen LogP contribution in [0.2, 0.25) is 0 Å². The number of likely N-dealkylation sites (tertiary alicyclic amines) is 1. The van der Waals surface area contributed by atoms with E-state index in [2.05, 4.69) is 9.88 Å². The van der Waals surface area contributed by atoms with Gasteiger partial charge in [0, 0.05) is 23.3 Å². The molecule has 4 nitrogen and oxygen atoms in total. The van der Waals surface area contributed by atoms with Gasteiger partial charge in [-0.3, -0.25) is 4.79 Å². The summed E-state index contributed by atoms with van der Waals surface area (Å²) in [7, 11) is 0. The van der Waals surface area contributed by atoms with Crippen molar-refractivity contribution in [2.45, 2.75) is 70.8 Å². The lowest BCUT2D eigenvalue weighted by atomic mass is 9.95. The van der Waals surface area contributed by atoms with Crippen LogP contribution in [0.3, 0.4) is 0 Å². The van der Waals surface area contributed by atoms with Gasteiger partial charge < -0.3 is 10.3 Å². The molecule has 3 rings (SSSR count). The van der Waals surface area contributed by atoms with Crippen LogP contribution in [0.15, 0.2) is 5.38 Å². The van der Waals surface area contributed by atoms with Gasteiger partial charge in [0.1, 0.15) is 5.69 Å². The summed E-state index contributed by atoms with van der Waals surface area (Å²) >= 11 is 1.61. The summed E-state index contributed by atoms with van der Waals surface area (Å²) in [6, 6.07) is 0.815. The lowest BCUT2D eigenvalue weighted by Gasteiger charge is -2.35. The number of carbonyl (C=O) groups is 1. The van der Waals surface area contributed by atoms with E-state index < -0.39 is 0 Å². The minimum Gasteiger partial charge on any atom is -0.301 e. The van der Waals surface area contributed by atoms with Crippen molar-refractivity contribution in [3.8, 4) is 0 Å². The van der Waals surface area contributed by atoms with E-state index in [-0.39, 0.29) is 17.4 Å². The van der Waals surface area contributed by atoms with Crippen molar-refractivity contribution >= 4 is 22.8 Å². The number of nitrogens with one attached hydrogen (secondary N) is 1. The Labute approximate surface area is 149 Å². The van der Waals surface area contributed by atoms with Gasteiger partial charge in [-0.1, -0.05) is 26.7 Å². The summed E-state index contributed by atoms with van der Waals surface area (Å²) in [6.07, 6.45) is 8.66. The number of aromatic nitrogens is 1. The molecule has 2 aliphatic rings. The van der Waals surface area contributed by atoms with Gasteiger partial charge in [0.25, 0.3) is 0 Å². The molecule has 2 heterocycles. The average Bonchev–Trinajstić information content (AvgIpc) is 3.31. The van der Waals surface area contributed by atoms with E-state index in [1.54, 1.807) is 11.3 Å². The fourth-order valence-corrected chi connectivity index (χ4v) is 4.90. The van der Waals surface area contributed by atoms with Crippen molar-refractivity contribution in [1.29, 1.82) is 5.41 Å². The first-order valence-corrected chi connectivity index (χ1v) is 10.3. The molecule has 1 N–H and O–H groups in total. The Morgan fingerprint density at radius 2 is 2.00 bits per heavy atom. The molecule has 2 fully saturated rings. The summed E-state index contributed by atoms with van der Waals surface area (Å²) in [5, 5.41) is 11.0. The van der Waals surface area contributed by atoms with Crippen LogP contribution in [0.4, 0.5) is 0 Å². The number of piperidine rings is 1. The monoisotopic (exact) mass is 347 g/mol. The van der Waals surface area contributed by atoms with Gasteiger partial charge in [0.15, 0.2) is 0 Å². The Bertz CT molecular complexity index is 583. The Kier molecular flexibility index (Phi) is 5.82. The van der Waals surface area contributed by atoms with Gasteiger partial charge in [0.2, 0.25) is 5.78 Å². The fraction of sp³-hybridized carbons (Fsp3) is 0.737. The molecule has 0 aromatic carbocycles. The van der Waals surface area contributed by atoms with Crippen molar-refractivity contribution < 1.29 is 4.79 Å². The molecular weight excluding hydrogens is 318 g/mol. The standard InChI is InChI=1S/C19H29N3OS/c1-3-13(2)17(20)18(23)16-12-24-19(21-16)14-8-10-22(11-9-14)15-6-4-5-7-15/h12-15,20H,3-11H2,1-2H3. The van der Waals surface area contributed by atoms with Gasteiger partial charge in [0.05, 0.1) is 10.7 Å². The lowest BCUT2D eigenvalue weighted by Crippen LogP contribution is -2.39. The molecule has 132 valence electrons. The SMILES string of the molecule is CCC(C)C(=N)C(=O)c1csc(C2CCN(C3CCCC3)CC2)n1. The van der Waals surface area contributed by atoms with Crippen LogP contribution in [0.25, 0.3) is 0 Å². The highest BCUT2D eigenvalue weighted by Gasteiger charge is 2.29. The summed E-state index contributed by atoms with van der Waals surface area (Å²) in [5.41, 5.74) is 0.684. The van der Waals surface area contributed by atoms with E-state index in [0.717, 1.165) is 30.3 Å². The van der Waals surface area contributed by atoms with E-state index in [0.29, 0.717) is 11.6 Å². The van der Waals surface area contributed by atoms with E-state index in [4.69, 9.17) is 5.41 Å². The van der Waals surface area contributed by atoms with Crippen molar-refractivity contribution in [3.63, 3.8) is 0 Å². The van der Waals surface area contributed by atoms with Crippen LogP contribution in [0.1, 0.15) is 80.2 Å². The maximum Gasteiger partial charge on any atom is 0.225 e. The van der Waals surface area contributed by atoms with Crippen molar-refractivity contribution in [2.24, 2.45) is 5.92 Å². The van der Waals surface area contributed by atoms with Gasteiger partial charge in [-0.2, -0.15) is 0 Å². The third-order valence-electron chi connectivity index (χ3n) is 5.82. The number of carbonyl (C=O) groups excluding carboxylic acids is 1. The van der Waals surface area contributed by atoms with Gasteiger partial charge in [-0.25, -0.2) is 4.98 Å². The molecule has 1 aliphatic heterocycles. The summed E-state index contributed by atoms with van der Waals surface area (Å²) < 4.78 is 0. The summed E-state index contributed by atoms with van der Waals surface area (Å²) in [4.78, 5) is 19.7. The number of ketones is 1. The molecule has 1 saturated carbocycles. The highest BCUT2D eigenvalue weighted by atomic mass is 32.1. The van der Waals surface area contributed by atoms with Crippen LogP contribution in [-0.4, -0.2) is 40.5 Å². The maximum atomic E-state index is 12.4. The number of hydrogen-bond acceptors (Lipinski definition) is 5. The Balaban J connectivity index is 1.58. The molecule has 0 amide bonds. The predicted molar refractivity (Wildman–Crippen MR) is 99.4 cm³/mol. The smallest absolute Gasteiger partial charge is 0.225 e. The van der Waals surface area contributed by atoms with E-state index in [1.165, 1.54) is 38.8 Å². The summed E-state index contributed by atoms with van der Waals surface area (Å²) in [5.74, 6) is 0.319. The van der Waals surface area contributed by atoms with Gasteiger partial charge >= 0.3 is 0 Å². The van der Waals surface area contributed by atoms with Crippen molar-refractivity contribution in [3.05, 3.63) is 16.1 Å². The number of nitrogens with zero attached hydrogens (tertiary/aromatic N) is 2. The lowest BCUT2D eigenvalue weighted by molar-refractivity contribution is 0.105. The zero-order valence-electron chi connectivity index (χ0n) is 14.9. The second-order valence-corrected chi connectivity index (χ2v) is 8.26. The van der Waals surface area contributed by atoms with Gasteiger partial charge in [-0.15, -0.1) is 11.3 Å². The Morgan fingerprint density at radius 3 is 2.62 bits per heavy atom. The molecule has 1 aliphatic carbocycles. The van der Waals surface area contributed by atoms with Crippen molar-refractivity contribution in [1.82, 2.24) is 9.88 Å². The van der Waals surface area contributed by atoms with E-state index in [9.17, 15) is 4.79 Å². The van der Waals surface area contributed by atoms with Crippen LogP contribution >= 0.6 is 11.3 Å². The number of Topliss-reactive ketones (excluding diaryl/α,β-unsaturated/α-hetero) is 1. The van der Waals surface area contributed by atoms with Gasteiger partial charge in [-0.05, 0) is 45.2 Å². The van der Waals surface area contributed by atoms with Crippen LogP contribution in [0, 0.1) is 11.3 Å². The van der Waals surface area contributed by atoms with Crippen LogP contribution < -0.4 is 0 Å². The van der Waals surface area contributed by atoms with Crippen LogP contribution in [0.5, 0.6) is 0 Å². The molecule has 1 unspecified atom stereocenters. The number of hydrogen-bond donors (Lipinski definition) is 1. The normalized spacial score (nSPS) is 21.9. The molecule has 1 saturated heterocycles. The molecule has 1 aromatic heterocycles. The largest absolute Gasteiger partial charge is 0.301 e. The van der Waals surface area contributed by atoms with Crippen LogP contribution in [-0.2, 0) is 0 Å². The molecule has 1 atom stereocenters. The minimum absolute atomic E-state index is 0.0114. The number of thiazole rings is 1.